The van der Waals surface area contributed by atoms with Gasteiger partial charge in [-0.25, -0.2) is 0 Å². The van der Waals surface area contributed by atoms with E-state index in [1.54, 1.807) is 0 Å². The number of fused-ring (bicyclic) bond motifs is 1. The van der Waals surface area contributed by atoms with Gasteiger partial charge in [0.2, 0.25) is 0 Å². The second-order valence-corrected chi connectivity index (χ2v) is 6.45. The van der Waals surface area contributed by atoms with Gasteiger partial charge < -0.3 is 5.73 Å². The highest BCUT2D eigenvalue weighted by Gasteiger charge is 2.11. The van der Waals surface area contributed by atoms with Crippen LogP contribution in [0.3, 0.4) is 0 Å². The number of benzene rings is 3. The van der Waals surface area contributed by atoms with Crippen LogP contribution in [0, 0.1) is 0 Å². The Kier molecular flexibility index (Phi) is 4.29. The molecule has 0 amide bonds. The van der Waals surface area contributed by atoms with Crippen LogP contribution in [-0.4, -0.2) is 0 Å². The zero-order valence-electron chi connectivity index (χ0n) is 11.4. The van der Waals surface area contributed by atoms with E-state index in [-0.39, 0.29) is 6.04 Å². The third kappa shape index (κ3) is 3.29. The second kappa shape index (κ2) is 6.18. The maximum absolute atomic E-state index is 6.35. The van der Waals surface area contributed by atoms with E-state index >= 15 is 0 Å². The molecule has 2 N–H and O–H groups in total. The van der Waals surface area contributed by atoms with Crippen LogP contribution in [-0.2, 0) is 6.42 Å². The first-order chi connectivity index (χ1) is 10.1. The van der Waals surface area contributed by atoms with Crippen molar-refractivity contribution in [2.45, 2.75) is 12.5 Å². The molecule has 3 aromatic carbocycles. The number of hydrogen-bond acceptors (Lipinski definition) is 1. The summed E-state index contributed by atoms with van der Waals surface area (Å²) >= 11 is 9.61. The highest BCUT2D eigenvalue weighted by molar-refractivity contribution is 9.10. The maximum Gasteiger partial charge on any atom is 0.0410 e. The Hall–Kier alpha value is -1.35. The van der Waals surface area contributed by atoms with Crippen molar-refractivity contribution >= 4 is 38.3 Å². The van der Waals surface area contributed by atoms with Crippen molar-refractivity contribution in [3.63, 3.8) is 0 Å². The fraction of sp³-hybridized carbons (Fsp3) is 0.111. The Morgan fingerprint density at radius 2 is 1.71 bits per heavy atom. The van der Waals surface area contributed by atoms with Gasteiger partial charge in [0.15, 0.2) is 0 Å². The first-order valence-electron chi connectivity index (χ1n) is 6.82. The Bertz CT molecular complexity index is 785. The van der Waals surface area contributed by atoms with Gasteiger partial charge in [-0.05, 0) is 46.5 Å². The topological polar surface area (TPSA) is 26.0 Å². The fourth-order valence-corrected chi connectivity index (χ4v) is 3.25. The summed E-state index contributed by atoms with van der Waals surface area (Å²) in [7, 11) is 0. The van der Waals surface area contributed by atoms with E-state index in [1.807, 2.05) is 18.2 Å². The average Bonchev–Trinajstić information content (AvgIpc) is 2.49. The molecule has 3 rings (SSSR count). The molecule has 106 valence electrons. The first kappa shape index (κ1) is 14.6. The lowest BCUT2D eigenvalue weighted by atomic mass is 9.98. The van der Waals surface area contributed by atoms with E-state index in [0.717, 1.165) is 16.5 Å². The van der Waals surface area contributed by atoms with Crippen LogP contribution in [0.4, 0.5) is 0 Å². The van der Waals surface area contributed by atoms with E-state index in [1.165, 1.54) is 16.3 Å². The summed E-state index contributed by atoms with van der Waals surface area (Å²) in [5.74, 6) is 0. The summed E-state index contributed by atoms with van der Waals surface area (Å²) in [5, 5.41) is 3.20. The molecule has 0 spiro atoms. The predicted octanol–water partition coefficient (Wildman–Crippen LogP) is 5.50. The van der Waals surface area contributed by atoms with E-state index in [2.05, 4.69) is 58.4 Å². The van der Waals surface area contributed by atoms with E-state index in [4.69, 9.17) is 17.3 Å². The third-order valence-corrected chi connectivity index (χ3v) is 4.58. The summed E-state index contributed by atoms with van der Waals surface area (Å²) < 4.78 is 1.00. The highest BCUT2D eigenvalue weighted by Crippen LogP contribution is 2.28. The van der Waals surface area contributed by atoms with Crippen molar-refractivity contribution in [3.8, 4) is 0 Å². The molecular weight excluding hydrogens is 346 g/mol. The van der Waals surface area contributed by atoms with Gasteiger partial charge in [-0.3, -0.25) is 0 Å². The predicted molar refractivity (Wildman–Crippen MR) is 93.7 cm³/mol. The molecule has 0 saturated carbocycles. The molecule has 1 nitrogen and oxygen atoms in total. The van der Waals surface area contributed by atoms with Crippen molar-refractivity contribution in [1.29, 1.82) is 0 Å². The number of hydrogen-bond donors (Lipinski definition) is 1. The lowest BCUT2D eigenvalue weighted by Crippen LogP contribution is -2.14. The molecule has 1 atom stereocenters. The molecule has 0 fully saturated rings. The molecule has 0 aliphatic heterocycles. The van der Waals surface area contributed by atoms with Gasteiger partial charge in [0.05, 0.1) is 0 Å². The van der Waals surface area contributed by atoms with Gasteiger partial charge in [0.25, 0.3) is 0 Å². The summed E-state index contributed by atoms with van der Waals surface area (Å²) in [6, 6.07) is 20.5. The molecule has 21 heavy (non-hydrogen) atoms. The van der Waals surface area contributed by atoms with Crippen molar-refractivity contribution in [1.82, 2.24) is 0 Å². The quantitative estimate of drug-likeness (QED) is 0.656. The van der Waals surface area contributed by atoms with E-state index < -0.39 is 0 Å². The molecule has 0 heterocycles. The summed E-state index contributed by atoms with van der Waals surface area (Å²) in [4.78, 5) is 0. The molecule has 0 saturated heterocycles. The van der Waals surface area contributed by atoms with Crippen LogP contribution in [0.5, 0.6) is 0 Å². The zero-order valence-corrected chi connectivity index (χ0v) is 13.7. The second-order valence-electron chi connectivity index (χ2n) is 5.16. The lowest BCUT2D eigenvalue weighted by molar-refractivity contribution is 0.719. The van der Waals surface area contributed by atoms with Gasteiger partial charge in [0.1, 0.15) is 0 Å². The Morgan fingerprint density at radius 1 is 0.952 bits per heavy atom. The Balaban J connectivity index is 1.88. The van der Waals surface area contributed by atoms with Gasteiger partial charge >= 0.3 is 0 Å². The van der Waals surface area contributed by atoms with Crippen LogP contribution in [0.1, 0.15) is 17.2 Å². The van der Waals surface area contributed by atoms with Crippen LogP contribution in [0.2, 0.25) is 5.02 Å². The SMILES string of the molecule is NC(Cc1ccc2ccccc2c1)c1cc(Cl)ccc1Br. The molecule has 0 aliphatic carbocycles. The molecule has 0 bridgehead atoms. The molecule has 1 unspecified atom stereocenters. The Morgan fingerprint density at radius 3 is 2.52 bits per heavy atom. The fourth-order valence-electron chi connectivity index (χ4n) is 2.53. The number of nitrogens with two attached hydrogens (primary N) is 1. The van der Waals surface area contributed by atoms with Gasteiger partial charge in [-0.2, -0.15) is 0 Å². The van der Waals surface area contributed by atoms with Gasteiger partial charge in [-0.1, -0.05) is 70.0 Å². The minimum absolute atomic E-state index is 0.0840. The van der Waals surface area contributed by atoms with E-state index in [9.17, 15) is 0 Å². The summed E-state index contributed by atoms with van der Waals surface area (Å²) in [5.41, 5.74) is 8.62. The molecular formula is C18H15BrClN. The van der Waals surface area contributed by atoms with Crippen molar-refractivity contribution in [3.05, 3.63) is 81.3 Å². The Labute approximate surface area is 137 Å². The maximum atomic E-state index is 6.35. The molecule has 0 aliphatic rings. The third-order valence-electron chi connectivity index (χ3n) is 3.63. The minimum atomic E-state index is -0.0840. The lowest BCUT2D eigenvalue weighted by Gasteiger charge is -2.15. The molecule has 3 heteroatoms. The van der Waals surface area contributed by atoms with Crippen LogP contribution >= 0.6 is 27.5 Å². The first-order valence-corrected chi connectivity index (χ1v) is 7.99. The average molecular weight is 361 g/mol. The van der Waals surface area contributed by atoms with Crippen molar-refractivity contribution in [2.24, 2.45) is 5.73 Å². The summed E-state index contributed by atoms with van der Waals surface area (Å²) in [6.07, 6.45) is 0.782. The largest absolute Gasteiger partial charge is 0.324 e. The van der Waals surface area contributed by atoms with Crippen molar-refractivity contribution < 1.29 is 0 Å². The zero-order chi connectivity index (χ0) is 14.8. The molecule has 0 aromatic heterocycles. The monoisotopic (exact) mass is 359 g/mol. The number of halogens is 2. The van der Waals surface area contributed by atoms with E-state index in [0.29, 0.717) is 5.02 Å². The number of rotatable bonds is 3. The van der Waals surface area contributed by atoms with Gasteiger partial charge in [0, 0.05) is 15.5 Å². The molecule has 0 radical (unpaired) electrons. The summed E-state index contributed by atoms with van der Waals surface area (Å²) in [6.45, 7) is 0. The smallest absolute Gasteiger partial charge is 0.0410 e. The van der Waals surface area contributed by atoms with Gasteiger partial charge in [-0.15, -0.1) is 0 Å². The standard InChI is InChI=1S/C18H15BrClN/c19-17-8-7-15(20)11-16(17)18(21)10-12-5-6-13-3-1-2-4-14(13)9-12/h1-9,11,18H,10,21H2. The van der Waals surface area contributed by atoms with Crippen LogP contribution < -0.4 is 5.73 Å². The van der Waals surface area contributed by atoms with Crippen LogP contribution in [0.15, 0.2) is 65.1 Å². The minimum Gasteiger partial charge on any atom is -0.324 e. The van der Waals surface area contributed by atoms with Crippen molar-refractivity contribution in [2.75, 3.05) is 0 Å². The van der Waals surface area contributed by atoms with Crippen LogP contribution in [0.25, 0.3) is 10.8 Å². The normalized spacial score (nSPS) is 12.5. The molecule has 3 aromatic rings. The highest BCUT2D eigenvalue weighted by atomic mass is 79.9.